The van der Waals surface area contributed by atoms with Crippen molar-refractivity contribution in [2.24, 2.45) is 0 Å². The number of aliphatic hydroxyl groups excluding tert-OH is 2. The van der Waals surface area contributed by atoms with Gasteiger partial charge in [-0.05, 0) is 25.7 Å². The van der Waals surface area contributed by atoms with Crippen molar-refractivity contribution in [3.63, 3.8) is 0 Å². The van der Waals surface area contributed by atoms with Gasteiger partial charge in [0.25, 0.3) is 0 Å². The first kappa shape index (κ1) is 14.9. The average Bonchev–Trinajstić information content (AvgIpc) is 2.21. The molecule has 0 aromatic rings. The van der Waals surface area contributed by atoms with E-state index in [1.165, 1.54) is 19.3 Å². The Balaban J connectivity index is 3.33. The fourth-order valence-corrected chi connectivity index (χ4v) is 1.55. The van der Waals surface area contributed by atoms with Crippen LogP contribution >= 0.6 is 0 Å². The van der Waals surface area contributed by atoms with Crippen LogP contribution in [0.4, 0.5) is 0 Å². The zero-order valence-electron chi connectivity index (χ0n) is 10.2. The van der Waals surface area contributed by atoms with Crippen molar-refractivity contribution in [2.75, 3.05) is 0 Å². The Kier molecular flexibility index (Phi) is 10.3. The zero-order chi connectivity index (χ0) is 11.5. The number of rotatable bonds is 10. The number of unbranched alkanes of at least 4 members (excludes halogenated alkanes) is 4. The topological polar surface area (TPSA) is 52.5 Å². The Morgan fingerprint density at radius 1 is 0.800 bits per heavy atom. The second kappa shape index (κ2) is 10.4. The smallest absolute Gasteiger partial charge is 0.106 e. The fraction of sp³-hybridized carbons (Fsp3) is 1.00. The molecule has 3 nitrogen and oxygen atoms in total. The van der Waals surface area contributed by atoms with Crippen molar-refractivity contribution in [3.05, 3.63) is 0 Å². The molecule has 2 unspecified atom stereocenters. The highest BCUT2D eigenvalue weighted by Gasteiger charge is 2.08. The van der Waals surface area contributed by atoms with Gasteiger partial charge in [0.05, 0.1) is 0 Å². The highest BCUT2D eigenvalue weighted by atomic mass is 16.3. The van der Waals surface area contributed by atoms with Crippen LogP contribution in [0.25, 0.3) is 0 Å². The van der Waals surface area contributed by atoms with Gasteiger partial charge in [0, 0.05) is 0 Å². The Morgan fingerprint density at radius 3 is 1.87 bits per heavy atom. The summed E-state index contributed by atoms with van der Waals surface area (Å²) in [5, 5.41) is 21.8. The van der Waals surface area contributed by atoms with E-state index in [2.05, 4.69) is 19.2 Å². The van der Waals surface area contributed by atoms with Crippen LogP contribution in [-0.2, 0) is 0 Å². The van der Waals surface area contributed by atoms with Gasteiger partial charge in [-0.1, -0.05) is 39.5 Å². The van der Waals surface area contributed by atoms with Crippen LogP contribution in [0.2, 0.25) is 0 Å². The summed E-state index contributed by atoms with van der Waals surface area (Å²) < 4.78 is 0. The Morgan fingerprint density at radius 2 is 1.33 bits per heavy atom. The molecule has 0 spiro atoms. The Labute approximate surface area is 93.9 Å². The maximum Gasteiger partial charge on any atom is 0.106 e. The SMILES string of the molecule is CCCCCCC(O)NC(O)CCCC. The number of nitrogens with one attached hydrogen (secondary N) is 1. The highest BCUT2D eigenvalue weighted by molar-refractivity contribution is 4.58. The molecule has 15 heavy (non-hydrogen) atoms. The Bertz CT molecular complexity index is 131. The molecule has 0 saturated heterocycles. The van der Waals surface area contributed by atoms with E-state index in [1.54, 1.807) is 0 Å². The molecule has 0 fully saturated rings. The molecule has 0 aliphatic carbocycles. The van der Waals surface area contributed by atoms with Crippen LogP contribution in [-0.4, -0.2) is 22.7 Å². The number of hydrogen-bond donors (Lipinski definition) is 3. The first-order valence-corrected chi connectivity index (χ1v) is 6.32. The molecule has 0 aromatic heterocycles. The van der Waals surface area contributed by atoms with Crippen LogP contribution < -0.4 is 5.32 Å². The van der Waals surface area contributed by atoms with E-state index in [9.17, 15) is 10.2 Å². The maximum absolute atomic E-state index is 9.55. The van der Waals surface area contributed by atoms with Crippen molar-refractivity contribution < 1.29 is 10.2 Å². The molecule has 0 heterocycles. The molecule has 0 aliphatic heterocycles. The van der Waals surface area contributed by atoms with Gasteiger partial charge in [0.1, 0.15) is 12.5 Å². The summed E-state index contributed by atoms with van der Waals surface area (Å²) >= 11 is 0. The van der Waals surface area contributed by atoms with Crippen LogP contribution in [0.3, 0.4) is 0 Å². The predicted molar refractivity (Wildman–Crippen MR) is 63.4 cm³/mol. The molecule has 3 heteroatoms. The summed E-state index contributed by atoms with van der Waals surface area (Å²) in [6.07, 6.45) is 7.07. The lowest BCUT2D eigenvalue weighted by molar-refractivity contribution is 0.0313. The van der Waals surface area contributed by atoms with Crippen molar-refractivity contribution in [1.29, 1.82) is 0 Å². The average molecular weight is 217 g/mol. The van der Waals surface area contributed by atoms with Gasteiger partial charge in [-0.25, -0.2) is 0 Å². The van der Waals surface area contributed by atoms with Crippen LogP contribution in [0.15, 0.2) is 0 Å². The monoisotopic (exact) mass is 217 g/mol. The molecule has 0 amide bonds. The molecule has 0 rings (SSSR count). The molecule has 92 valence electrons. The third-order valence-corrected chi connectivity index (χ3v) is 2.55. The molecular formula is C12H27NO2. The molecular weight excluding hydrogens is 190 g/mol. The van der Waals surface area contributed by atoms with Gasteiger partial charge in [-0.2, -0.15) is 0 Å². The molecule has 0 saturated carbocycles. The summed E-state index contributed by atoms with van der Waals surface area (Å²) in [5.74, 6) is 0. The standard InChI is InChI=1S/C12H27NO2/c1-3-5-7-8-10-12(15)13-11(14)9-6-4-2/h11-15H,3-10H2,1-2H3. The first-order valence-electron chi connectivity index (χ1n) is 6.32. The van der Waals surface area contributed by atoms with E-state index in [-0.39, 0.29) is 0 Å². The van der Waals surface area contributed by atoms with E-state index >= 15 is 0 Å². The normalized spacial score (nSPS) is 15.2. The fourth-order valence-electron chi connectivity index (χ4n) is 1.55. The van der Waals surface area contributed by atoms with Gasteiger partial charge in [-0.3, -0.25) is 5.32 Å². The summed E-state index contributed by atoms with van der Waals surface area (Å²) in [6, 6.07) is 0. The van der Waals surface area contributed by atoms with Gasteiger partial charge in [-0.15, -0.1) is 0 Å². The van der Waals surface area contributed by atoms with E-state index < -0.39 is 12.5 Å². The molecule has 0 aliphatic rings. The summed E-state index contributed by atoms with van der Waals surface area (Å²) in [7, 11) is 0. The second-order valence-electron chi connectivity index (χ2n) is 4.19. The minimum atomic E-state index is -0.550. The van der Waals surface area contributed by atoms with Crippen molar-refractivity contribution >= 4 is 0 Å². The van der Waals surface area contributed by atoms with Gasteiger partial charge in [0.2, 0.25) is 0 Å². The highest BCUT2D eigenvalue weighted by Crippen LogP contribution is 2.05. The lowest BCUT2D eigenvalue weighted by atomic mass is 10.1. The molecule has 0 aromatic carbocycles. The second-order valence-corrected chi connectivity index (χ2v) is 4.19. The van der Waals surface area contributed by atoms with Crippen molar-refractivity contribution in [3.8, 4) is 0 Å². The number of hydrogen-bond acceptors (Lipinski definition) is 3. The van der Waals surface area contributed by atoms with Gasteiger partial charge in [0.15, 0.2) is 0 Å². The first-order chi connectivity index (χ1) is 7.20. The van der Waals surface area contributed by atoms with Crippen molar-refractivity contribution in [2.45, 2.75) is 77.7 Å². The van der Waals surface area contributed by atoms with Crippen LogP contribution in [0.1, 0.15) is 65.2 Å². The van der Waals surface area contributed by atoms with E-state index in [4.69, 9.17) is 0 Å². The van der Waals surface area contributed by atoms with Crippen LogP contribution in [0.5, 0.6) is 0 Å². The van der Waals surface area contributed by atoms with Gasteiger partial charge < -0.3 is 10.2 Å². The van der Waals surface area contributed by atoms with Gasteiger partial charge >= 0.3 is 0 Å². The molecule has 3 N–H and O–H groups in total. The van der Waals surface area contributed by atoms with E-state index in [1.807, 2.05) is 0 Å². The third-order valence-electron chi connectivity index (χ3n) is 2.55. The van der Waals surface area contributed by atoms with E-state index in [0.717, 1.165) is 32.1 Å². The number of aliphatic hydroxyl groups is 2. The van der Waals surface area contributed by atoms with Crippen molar-refractivity contribution in [1.82, 2.24) is 5.32 Å². The minimum Gasteiger partial charge on any atom is -0.379 e. The summed E-state index contributed by atoms with van der Waals surface area (Å²) in [5.41, 5.74) is 0. The molecule has 0 radical (unpaired) electrons. The maximum atomic E-state index is 9.55. The molecule has 0 bridgehead atoms. The molecule has 2 atom stereocenters. The van der Waals surface area contributed by atoms with Crippen LogP contribution in [0, 0.1) is 0 Å². The quantitative estimate of drug-likeness (QED) is 0.389. The summed E-state index contributed by atoms with van der Waals surface area (Å²) in [4.78, 5) is 0. The lowest BCUT2D eigenvalue weighted by Crippen LogP contribution is -2.38. The lowest BCUT2D eigenvalue weighted by Gasteiger charge is -2.17. The third kappa shape index (κ3) is 10.2. The Hall–Kier alpha value is -0.120. The minimum absolute atomic E-state index is 0.547. The zero-order valence-corrected chi connectivity index (χ0v) is 10.2. The summed E-state index contributed by atoms with van der Waals surface area (Å²) in [6.45, 7) is 4.26. The largest absolute Gasteiger partial charge is 0.379 e. The van der Waals surface area contributed by atoms with E-state index in [0.29, 0.717) is 0 Å². The predicted octanol–water partition coefficient (Wildman–Crippen LogP) is 2.37.